The van der Waals surface area contributed by atoms with Crippen molar-refractivity contribution in [3.63, 3.8) is 0 Å². The third kappa shape index (κ3) is 2.81. The molecule has 124 valence electrons. The van der Waals surface area contributed by atoms with Crippen LogP contribution in [0.25, 0.3) is 0 Å². The molecular weight excluding hydrogens is 318 g/mol. The molecule has 0 unspecified atom stereocenters. The monoisotopic (exact) mass is 331 g/mol. The molecule has 1 aliphatic heterocycles. The van der Waals surface area contributed by atoms with Gasteiger partial charge >= 0.3 is 5.97 Å². The Morgan fingerprint density at radius 3 is 2.92 bits per heavy atom. The summed E-state index contributed by atoms with van der Waals surface area (Å²) < 4.78 is 5.75. The van der Waals surface area contributed by atoms with Crippen molar-refractivity contribution in [2.75, 3.05) is 18.6 Å². The van der Waals surface area contributed by atoms with E-state index in [1.807, 2.05) is 0 Å². The van der Waals surface area contributed by atoms with Crippen LogP contribution in [-0.2, 0) is 22.5 Å². The number of aromatic nitrogens is 3. The molecule has 3 rings (SSSR count). The van der Waals surface area contributed by atoms with Gasteiger partial charge in [-0.3, -0.25) is 14.9 Å². The number of carbonyl (C=O) groups is 2. The van der Waals surface area contributed by atoms with Gasteiger partial charge in [0.1, 0.15) is 12.9 Å². The summed E-state index contributed by atoms with van der Waals surface area (Å²) in [4.78, 5) is 39.4. The number of nitro benzene ring substituents is 1. The van der Waals surface area contributed by atoms with E-state index in [1.165, 1.54) is 30.3 Å². The summed E-state index contributed by atoms with van der Waals surface area (Å²) in [6, 6.07) is 4.42. The zero-order valence-electron chi connectivity index (χ0n) is 12.7. The van der Waals surface area contributed by atoms with Crippen molar-refractivity contribution in [2.24, 2.45) is 0 Å². The van der Waals surface area contributed by atoms with Crippen LogP contribution in [0.1, 0.15) is 16.2 Å². The Hall–Kier alpha value is -3.30. The summed E-state index contributed by atoms with van der Waals surface area (Å²) in [7, 11) is 1.22. The topological polar surface area (TPSA) is 120 Å². The lowest BCUT2D eigenvalue weighted by molar-refractivity contribution is -0.384. The summed E-state index contributed by atoms with van der Waals surface area (Å²) in [5, 5.41) is 14.7. The van der Waals surface area contributed by atoms with Gasteiger partial charge in [0, 0.05) is 24.4 Å². The second-order valence-electron chi connectivity index (χ2n) is 5.12. The molecular formula is C14H13N5O5. The van der Waals surface area contributed by atoms with Crippen molar-refractivity contribution in [3.05, 3.63) is 46.0 Å². The normalized spacial score (nSPS) is 12.8. The highest BCUT2D eigenvalue weighted by molar-refractivity contribution is 5.95. The molecule has 0 fully saturated rings. The number of amides is 1. The van der Waals surface area contributed by atoms with Gasteiger partial charge in [-0.25, -0.2) is 14.5 Å². The fraction of sp³-hybridized carbons (Fsp3) is 0.286. The highest BCUT2D eigenvalue weighted by Crippen LogP contribution is 2.31. The minimum atomic E-state index is -0.681. The van der Waals surface area contributed by atoms with Gasteiger partial charge in [0.2, 0.25) is 5.91 Å². The average molecular weight is 331 g/mol. The Kier molecular flexibility index (Phi) is 3.94. The number of ether oxygens (including phenoxy) is 1. The summed E-state index contributed by atoms with van der Waals surface area (Å²) in [5.41, 5.74) is 1.41. The Labute approximate surface area is 135 Å². The Morgan fingerprint density at radius 2 is 2.21 bits per heavy atom. The van der Waals surface area contributed by atoms with Gasteiger partial charge in [0.15, 0.2) is 0 Å². The lowest BCUT2D eigenvalue weighted by Gasteiger charge is -2.16. The number of non-ortho nitro benzene ring substituents is 1. The number of fused-ring (bicyclic) bond motifs is 1. The van der Waals surface area contributed by atoms with Crippen molar-refractivity contribution in [1.82, 2.24) is 14.8 Å². The first-order chi connectivity index (χ1) is 11.5. The number of rotatable bonds is 4. The van der Waals surface area contributed by atoms with Crippen molar-refractivity contribution < 1.29 is 19.2 Å². The van der Waals surface area contributed by atoms with E-state index in [2.05, 4.69) is 14.8 Å². The van der Waals surface area contributed by atoms with E-state index in [0.717, 1.165) is 5.56 Å². The second-order valence-corrected chi connectivity index (χ2v) is 5.12. The number of carbonyl (C=O) groups excluding carboxylic acids is 2. The van der Waals surface area contributed by atoms with Crippen LogP contribution < -0.4 is 4.90 Å². The van der Waals surface area contributed by atoms with Gasteiger partial charge in [-0.05, 0) is 18.1 Å². The van der Waals surface area contributed by atoms with E-state index in [0.29, 0.717) is 18.7 Å². The number of esters is 1. The molecule has 0 saturated heterocycles. The zero-order valence-corrected chi connectivity index (χ0v) is 12.7. The van der Waals surface area contributed by atoms with Crippen molar-refractivity contribution >= 4 is 23.3 Å². The number of methoxy groups -OCH3 is 1. The molecule has 2 heterocycles. The molecule has 0 radical (unpaired) electrons. The molecule has 10 nitrogen and oxygen atoms in total. The number of nitro groups is 1. The van der Waals surface area contributed by atoms with Crippen LogP contribution in [0.5, 0.6) is 0 Å². The van der Waals surface area contributed by atoms with Crippen LogP contribution in [0.15, 0.2) is 24.5 Å². The molecule has 0 aliphatic carbocycles. The molecule has 0 spiro atoms. The SMILES string of the molecule is COC(=O)c1ncn(CC(=O)N2CCc3cc([N+](=O)[O-])ccc32)n1. The van der Waals surface area contributed by atoms with Crippen LogP contribution in [0.3, 0.4) is 0 Å². The molecule has 0 bridgehead atoms. The van der Waals surface area contributed by atoms with Crippen LogP contribution in [0, 0.1) is 10.1 Å². The third-order valence-electron chi connectivity index (χ3n) is 3.67. The summed E-state index contributed by atoms with van der Waals surface area (Å²) in [6.45, 7) is 0.342. The van der Waals surface area contributed by atoms with Gasteiger partial charge in [0.05, 0.1) is 12.0 Å². The molecule has 0 atom stereocenters. The van der Waals surface area contributed by atoms with E-state index in [4.69, 9.17) is 0 Å². The first kappa shape index (κ1) is 15.6. The number of hydrogen-bond acceptors (Lipinski definition) is 7. The van der Waals surface area contributed by atoms with Crippen LogP contribution >= 0.6 is 0 Å². The van der Waals surface area contributed by atoms with E-state index in [1.54, 1.807) is 11.0 Å². The highest BCUT2D eigenvalue weighted by Gasteiger charge is 2.27. The Morgan fingerprint density at radius 1 is 1.42 bits per heavy atom. The minimum Gasteiger partial charge on any atom is -0.463 e. The van der Waals surface area contributed by atoms with Gasteiger partial charge in [-0.1, -0.05) is 0 Å². The maximum Gasteiger partial charge on any atom is 0.377 e. The van der Waals surface area contributed by atoms with Gasteiger partial charge < -0.3 is 9.64 Å². The highest BCUT2D eigenvalue weighted by atomic mass is 16.6. The first-order valence-electron chi connectivity index (χ1n) is 7.05. The summed E-state index contributed by atoms with van der Waals surface area (Å²) >= 11 is 0. The molecule has 1 aliphatic rings. The zero-order chi connectivity index (χ0) is 17.3. The van der Waals surface area contributed by atoms with Gasteiger partial charge in [-0.15, -0.1) is 5.10 Å². The van der Waals surface area contributed by atoms with E-state index >= 15 is 0 Å². The minimum absolute atomic E-state index is 0.00189. The molecule has 1 aromatic heterocycles. The number of benzene rings is 1. The average Bonchev–Trinajstić information content (AvgIpc) is 3.19. The lowest BCUT2D eigenvalue weighted by Crippen LogP contribution is -2.32. The number of hydrogen-bond donors (Lipinski definition) is 0. The third-order valence-corrected chi connectivity index (χ3v) is 3.67. The second kappa shape index (κ2) is 6.07. The summed E-state index contributed by atoms with van der Waals surface area (Å²) in [6.07, 6.45) is 1.82. The molecule has 1 aromatic carbocycles. The molecule has 24 heavy (non-hydrogen) atoms. The quantitative estimate of drug-likeness (QED) is 0.456. The number of anilines is 1. The first-order valence-corrected chi connectivity index (χ1v) is 7.05. The fourth-order valence-corrected chi connectivity index (χ4v) is 2.54. The standard InChI is InChI=1S/C14H13N5O5/c1-24-14(21)13-15-8-17(16-13)7-12(20)18-5-4-9-6-10(19(22)23)2-3-11(9)18/h2-3,6,8H,4-5,7H2,1H3. The maximum atomic E-state index is 12.4. The maximum absolute atomic E-state index is 12.4. The van der Waals surface area contributed by atoms with Gasteiger partial charge in [-0.2, -0.15) is 0 Å². The predicted octanol–water partition coefficient (Wildman–Crippen LogP) is 0.562. The Balaban J connectivity index is 1.75. The van der Waals surface area contributed by atoms with Gasteiger partial charge in [0.25, 0.3) is 11.5 Å². The van der Waals surface area contributed by atoms with Crippen molar-refractivity contribution in [1.29, 1.82) is 0 Å². The molecule has 1 amide bonds. The summed E-state index contributed by atoms with van der Waals surface area (Å²) in [5.74, 6) is -1.05. The van der Waals surface area contributed by atoms with Crippen LogP contribution in [0.4, 0.5) is 11.4 Å². The smallest absolute Gasteiger partial charge is 0.377 e. The van der Waals surface area contributed by atoms with Crippen molar-refractivity contribution in [3.8, 4) is 0 Å². The van der Waals surface area contributed by atoms with E-state index in [-0.39, 0.29) is 24.0 Å². The van der Waals surface area contributed by atoms with Crippen LogP contribution in [-0.4, -0.2) is 45.2 Å². The number of nitrogens with zero attached hydrogens (tertiary/aromatic N) is 5. The molecule has 2 aromatic rings. The lowest BCUT2D eigenvalue weighted by atomic mass is 10.1. The fourth-order valence-electron chi connectivity index (χ4n) is 2.54. The molecule has 0 N–H and O–H groups in total. The van der Waals surface area contributed by atoms with Crippen LogP contribution in [0.2, 0.25) is 0 Å². The van der Waals surface area contributed by atoms with E-state index < -0.39 is 10.9 Å². The largest absolute Gasteiger partial charge is 0.463 e. The molecule has 10 heteroatoms. The van der Waals surface area contributed by atoms with E-state index in [9.17, 15) is 19.7 Å². The molecule has 0 saturated carbocycles. The van der Waals surface area contributed by atoms with Crippen molar-refractivity contribution in [2.45, 2.75) is 13.0 Å². The Bertz CT molecular complexity index is 831. The predicted molar refractivity (Wildman–Crippen MR) is 80.5 cm³/mol.